The number of rotatable bonds is 8. The van der Waals surface area contributed by atoms with Crippen LogP contribution in [0.4, 0.5) is 4.79 Å². The molecule has 0 saturated carbocycles. The van der Waals surface area contributed by atoms with Crippen molar-refractivity contribution in [3.8, 4) is 11.5 Å². The number of methoxy groups -OCH3 is 1. The number of thioether (sulfide) groups is 1. The van der Waals surface area contributed by atoms with Crippen LogP contribution in [0.5, 0.6) is 11.5 Å². The van der Waals surface area contributed by atoms with E-state index in [0.717, 1.165) is 28.6 Å². The van der Waals surface area contributed by atoms with Crippen LogP contribution in [0.25, 0.3) is 6.08 Å². The summed E-state index contributed by atoms with van der Waals surface area (Å²) in [6.07, 6.45) is 2.30. The number of carbonyl (C=O) groups is 4. The van der Waals surface area contributed by atoms with Gasteiger partial charge >= 0.3 is 5.97 Å². The Balaban J connectivity index is 1.41. The molecule has 0 atom stereocenters. The van der Waals surface area contributed by atoms with E-state index in [1.807, 2.05) is 24.3 Å². The molecule has 2 aromatic carbocycles. The van der Waals surface area contributed by atoms with Gasteiger partial charge in [-0.25, -0.2) is 4.79 Å². The van der Waals surface area contributed by atoms with Crippen LogP contribution in [0.1, 0.15) is 23.6 Å². The van der Waals surface area contributed by atoms with Gasteiger partial charge in [-0.2, -0.15) is 0 Å². The number of fused-ring (bicyclic) bond motifs is 1. The summed E-state index contributed by atoms with van der Waals surface area (Å²) in [5.41, 5.74) is 2.89. The Morgan fingerprint density at radius 1 is 1.08 bits per heavy atom. The monoisotopic (exact) mass is 510 g/mol. The molecule has 36 heavy (non-hydrogen) atoms. The molecule has 0 radical (unpaired) electrons. The first-order valence-corrected chi connectivity index (χ1v) is 12.3. The molecule has 2 aliphatic rings. The third kappa shape index (κ3) is 5.71. The van der Waals surface area contributed by atoms with E-state index >= 15 is 0 Å². The van der Waals surface area contributed by atoms with Gasteiger partial charge in [-0.3, -0.25) is 19.3 Å². The second-order valence-corrected chi connectivity index (χ2v) is 9.10. The van der Waals surface area contributed by atoms with Gasteiger partial charge in [0.2, 0.25) is 5.91 Å². The average molecular weight is 511 g/mol. The maximum Gasteiger partial charge on any atom is 0.344 e. The van der Waals surface area contributed by atoms with E-state index in [1.165, 1.54) is 12.7 Å². The van der Waals surface area contributed by atoms with E-state index in [0.29, 0.717) is 30.2 Å². The Hall–Kier alpha value is -3.79. The highest BCUT2D eigenvalue weighted by molar-refractivity contribution is 8.18. The molecule has 4 rings (SSSR count). The Morgan fingerprint density at radius 3 is 2.61 bits per heavy atom. The van der Waals surface area contributed by atoms with Crippen LogP contribution in [0.3, 0.4) is 0 Å². The first-order chi connectivity index (χ1) is 17.4. The van der Waals surface area contributed by atoms with E-state index in [-0.39, 0.29) is 30.6 Å². The highest BCUT2D eigenvalue weighted by Gasteiger charge is 2.37. The van der Waals surface area contributed by atoms with Crippen molar-refractivity contribution < 1.29 is 33.4 Å². The average Bonchev–Trinajstić information content (AvgIpc) is 3.14. The SMILES string of the molecule is CCOC(=O)COc1ccc(/C=C2\SC(=O)N(CC(=O)N3CCc4ccccc4C3)C2=O)cc1OC. The van der Waals surface area contributed by atoms with Gasteiger partial charge in [0, 0.05) is 13.1 Å². The van der Waals surface area contributed by atoms with E-state index in [9.17, 15) is 19.2 Å². The zero-order valence-corrected chi connectivity index (χ0v) is 20.8. The molecule has 188 valence electrons. The molecule has 0 bridgehead atoms. The zero-order chi connectivity index (χ0) is 25.7. The third-order valence-corrected chi connectivity index (χ3v) is 6.69. The first-order valence-electron chi connectivity index (χ1n) is 11.5. The molecule has 2 heterocycles. The summed E-state index contributed by atoms with van der Waals surface area (Å²) >= 11 is 0.786. The number of ether oxygens (including phenoxy) is 3. The van der Waals surface area contributed by atoms with Crippen LogP contribution in [0.2, 0.25) is 0 Å². The van der Waals surface area contributed by atoms with Crippen LogP contribution < -0.4 is 9.47 Å². The third-order valence-electron chi connectivity index (χ3n) is 5.79. The molecule has 9 nitrogen and oxygen atoms in total. The van der Waals surface area contributed by atoms with Crippen molar-refractivity contribution in [3.05, 3.63) is 64.1 Å². The summed E-state index contributed by atoms with van der Waals surface area (Å²) in [6, 6.07) is 12.8. The molecule has 1 saturated heterocycles. The number of nitrogens with zero attached hydrogens (tertiary/aromatic N) is 2. The number of hydrogen-bond acceptors (Lipinski definition) is 8. The maximum absolute atomic E-state index is 12.9. The predicted molar refractivity (Wildman–Crippen MR) is 133 cm³/mol. The van der Waals surface area contributed by atoms with Crippen LogP contribution in [-0.2, 0) is 32.1 Å². The smallest absolute Gasteiger partial charge is 0.344 e. The molecule has 3 amide bonds. The molecule has 0 aromatic heterocycles. The Bertz CT molecular complexity index is 1230. The Morgan fingerprint density at radius 2 is 1.86 bits per heavy atom. The summed E-state index contributed by atoms with van der Waals surface area (Å²) in [6.45, 7) is 2.41. The Kier molecular flexibility index (Phi) is 7.94. The van der Waals surface area contributed by atoms with E-state index in [4.69, 9.17) is 14.2 Å². The molecule has 0 unspecified atom stereocenters. The lowest BCUT2D eigenvalue weighted by Crippen LogP contribution is -2.44. The van der Waals surface area contributed by atoms with Gasteiger partial charge in [-0.15, -0.1) is 0 Å². The molecule has 0 spiro atoms. The van der Waals surface area contributed by atoms with Gasteiger partial charge in [0.05, 0.1) is 18.6 Å². The summed E-state index contributed by atoms with van der Waals surface area (Å²) in [7, 11) is 1.45. The minimum absolute atomic E-state index is 0.207. The van der Waals surface area contributed by atoms with Gasteiger partial charge in [0.1, 0.15) is 6.54 Å². The minimum atomic E-state index is -0.516. The lowest BCUT2D eigenvalue weighted by molar-refractivity contribution is -0.145. The number of hydrogen-bond donors (Lipinski definition) is 0. The molecular formula is C26H26N2O7S. The molecule has 1 fully saturated rings. The lowest BCUT2D eigenvalue weighted by atomic mass is 10.00. The van der Waals surface area contributed by atoms with Crippen molar-refractivity contribution in [2.75, 3.05) is 33.4 Å². The van der Waals surface area contributed by atoms with Crippen LogP contribution in [0.15, 0.2) is 47.4 Å². The first kappa shape index (κ1) is 25.3. The lowest BCUT2D eigenvalue weighted by Gasteiger charge is -2.29. The largest absolute Gasteiger partial charge is 0.493 e. The summed E-state index contributed by atoms with van der Waals surface area (Å²) in [5.74, 6) is -0.590. The fourth-order valence-electron chi connectivity index (χ4n) is 3.96. The maximum atomic E-state index is 12.9. The van der Waals surface area contributed by atoms with Crippen molar-refractivity contribution in [3.63, 3.8) is 0 Å². The fourth-order valence-corrected chi connectivity index (χ4v) is 4.80. The molecular weight excluding hydrogens is 484 g/mol. The van der Waals surface area contributed by atoms with Gasteiger partial charge in [-0.05, 0) is 60.0 Å². The summed E-state index contributed by atoms with van der Waals surface area (Å²) < 4.78 is 15.6. The van der Waals surface area contributed by atoms with Gasteiger partial charge < -0.3 is 19.1 Å². The quantitative estimate of drug-likeness (QED) is 0.394. The predicted octanol–water partition coefficient (Wildman–Crippen LogP) is 3.26. The standard InChI is InChI=1S/C26H26N2O7S/c1-3-34-24(30)16-35-20-9-8-17(12-21(20)33-2)13-22-25(31)28(26(32)36-22)15-23(29)27-11-10-18-6-4-5-7-19(18)14-27/h4-9,12-13H,3,10-11,14-16H2,1-2H3/b22-13-. The minimum Gasteiger partial charge on any atom is -0.493 e. The van der Waals surface area contributed by atoms with E-state index < -0.39 is 17.1 Å². The second kappa shape index (κ2) is 11.3. The van der Waals surface area contributed by atoms with E-state index in [2.05, 4.69) is 0 Å². The summed E-state index contributed by atoms with van der Waals surface area (Å²) in [5, 5.41) is -0.488. The summed E-state index contributed by atoms with van der Waals surface area (Å²) in [4.78, 5) is 52.8. The van der Waals surface area contributed by atoms with Crippen molar-refractivity contribution >= 4 is 40.9 Å². The normalized spacial score (nSPS) is 16.2. The highest BCUT2D eigenvalue weighted by atomic mass is 32.2. The molecule has 2 aliphatic heterocycles. The van der Waals surface area contributed by atoms with Crippen LogP contribution in [0, 0.1) is 0 Å². The highest BCUT2D eigenvalue weighted by Crippen LogP contribution is 2.34. The fraction of sp³-hybridized carbons (Fsp3) is 0.308. The number of benzene rings is 2. The molecule has 0 N–H and O–H groups in total. The second-order valence-electron chi connectivity index (χ2n) is 8.11. The zero-order valence-electron chi connectivity index (χ0n) is 20.0. The van der Waals surface area contributed by atoms with Gasteiger partial charge in [0.15, 0.2) is 18.1 Å². The number of amides is 3. The molecule has 10 heteroatoms. The van der Waals surface area contributed by atoms with E-state index in [1.54, 1.807) is 36.1 Å². The number of esters is 1. The van der Waals surface area contributed by atoms with Crippen LogP contribution >= 0.6 is 11.8 Å². The topological polar surface area (TPSA) is 102 Å². The van der Waals surface area contributed by atoms with Gasteiger partial charge in [0.25, 0.3) is 11.1 Å². The Labute approximate surface area is 213 Å². The van der Waals surface area contributed by atoms with Crippen molar-refractivity contribution in [2.24, 2.45) is 0 Å². The van der Waals surface area contributed by atoms with Crippen LogP contribution in [-0.4, -0.2) is 66.2 Å². The number of carbonyl (C=O) groups excluding carboxylic acids is 4. The van der Waals surface area contributed by atoms with Crippen molar-refractivity contribution in [2.45, 2.75) is 19.9 Å². The molecule has 0 aliphatic carbocycles. The van der Waals surface area contributed by atoms with Crippen molar-refractivity contribution in [1.82, 2.24) is 9.80 Å². The molecule has 2 aromatic rings. The van der Waals surface area contributed by atoms with Crippen molar-refractivity contribution in [1.29, 1.82) is 0 Å². The number of imide groups is 1. The van der Waals surface area contributed by atoms with Gasteiger partial charge in [-0.1, -0.05) is 30.3 Å².